The summed E-state index contributed by atoms with van der Waals surface area (Å²) in [6, 6.07) is 12.9. The largest absolute Gasteiger partial charge is 0.496 e. The summed E-state index contributed by atoms with van der Waals surface area (Å²) in [5.41, 5.74) is 1.62. The van der Waals surface area contributed by atoms with Crippen molar-refractivity contribution in [3.05, 3.63) is 58.1 Å². The Bertz CT molecular complexity index is 726. The van der Waals surface area contributed by atoms with Crippen molar-refractivity contribution in [1.29, 1.82) is 0 Å². The maximum atomic E-state index is 12.8. The fraction of sp³-hybridized carbons (Fsp3) is 0.278. The van der Waals surface area contributed by atoms with Gasteiger partial charge in [0.05, 0.1) is 12.7 Å². The molecule has 3 rings (SSSR count). The number of piperazine rings is 1. The number of hydrogen-bond donors (Lipinski definition) is 0. The fourth-order valence-corrected chi connectivity index (χ4v) is 3.14. The molecular formula is C18H18Cl2N2O2. The highest BCUT2D eigenvalue weighted by Gasteiger charge is 2.24. The molecule has 0 spiro atoms. The predicted octanol–water partition coefficient (Wildman–Crippen LogP) is 3.96. The highest BCUT2D eigenvalue weighted by molar-refractivity contribution is 6.31. The van der Waals surface area contributed by atoms with Gasteiger partial charge >= 0.3 is 0 Å². The normalized spacial score (nSPS) is 14.6. The molecular weight excluding hydrogens is 347 g/mol. The number of nitrogens with zero attached hydrogens (tertiary/aromatic N) is 2. The zero-order chi connectivity index (χ0) is 17.1. The molecule has 2 aromatic carbocycles. The van der Waals surface area contributed by atoms with E-state index in [1.54, 1.807) is 25.3 Å². The van der Waals surface area contributed by atoms with E-state index in [2.05, 4.69) is 4.90 Å². The number of halogens is 2. The Morgan fingerprint density at radius 2 is 1.58 bits per heavy atom. The van der Waals surface area contributed by atoms with Crippen LogP contribution in [0.2, 0.25) is 10.0 Å². The third-order valence-corrected chi connectivity index (χ3v) is 4.64. The summed E-state index contributed by atoms with van der Waals surface area (Å²) in [5, 5.41) is 1.25. The van der Waals surface area contributed by atoms with Crippen LogP contribution in [-0.4, -0.2) is 44.1 Å². The first-order chi connectivity index (χ1) is 11.6. The van der Waals surface area contributed by atoms with Crippen molar-refractivity contribution in [1.82, 2.24) is 4.90 Å². The molecule has 126 valence electrons. The topological polar surface area (TPSA) is 32.8 Å². The number of carbonyl (C=O) groups is 1. The number of carbonyl (C=O) groups excluding carboxylic acids is 1. The van der Waals surface area contributed by atoms with E-state index in [1.807, 2.05) is 29.2 Å². The molecule has 1 fully saturated rings. The predicted molar refractivity (Wildman–Crippen MR) is 97.6 cm³/mol. The second-order valence-corrected chi connectivity index (χ2v) is 6.47. The number of rotatable bonds is 3. The molecule has 1 aliphatic rings. The minimum atomic E-state index is -0.0508. The maximum absolute atomic E-state index is 12.8. The van der Waals surface area contributed by atoms with Crippen LogP contribution in [0.3, 0.4) is 0 Å². The van der Waals surface area contributed by atoms with Crippen molar-refractivity contribution in [2.24, 2.45) is 0 Å². The Balaban J connectivity index is 1.69. The third-order valence-electron chi connectivity index (χ3n) is 4.15. The van der Waals surface area contributed by atoms with Gasteiger partial charge in [0.1, 0.15) is 5.75 Å². The summed E-state index contributed by atoms with van der Waals surface area (Å²) < 4.78 is 5.28. The molecule has 0 unspecified atom stereocenters. The van der Waals surface area contributed by atoms with Gasteiger partial charge in [-0.15, -0.1) is 0 Å². The Morgan fingerprint density at radius 1 is 0.958 bits per heavy atom. The second-order valence-electron chi connectivity index (χ2n) is 5.60. The van der Waals surface area contributed by atoms with Gasteiger partial charge in [-0.1, -0.05) is 23.2 Å². The zero-order valence-electron chi connectivity index (χ0n) is 13.3. The van der Waals surface area contributed by atoms with Gasteiger partial charge in [0.2, 0.25) is 0 Å². The van der Waals surface area contributed by atoms with E-state index in [4.69, 9.17) is 27.9 Å². The number of hydrogen-bond acceptors (Lipinski definition) is 3. The number of ether oxygens (including phenoxy) is 1. The molecule has 24 heavy (non-hydrogen) atoms. The first-order valence-corrected chi connectivity index (χ1v) is 8.47. The van der Waals surface area contributed by atoms with Crippen molar-refractivity contribution < 1.29 is 9.53 Å². The van der Waals surface area contributed by atoms with Crippen molar-refractivity contribution in [2.75, 3.05) is 38.2 Å². The Kier molecular flexibility index (Phi) is 5.17. The van der Waals surface area contributed by atoms with Gasteiger partial charge < -0.3 is 14.5 Å². The zero-order valence-corrected chi connectivity index (χ0v) is 14.8. The molecule has 0 saturated carbocycles. The van der Waals surface area contributed by atoms with Gasteiger partial charge in [-0.3, -0.25) is 4.79 Å². The SMILES string of the molecule is COc1ccc(Cl)cc1C(=O)N1CCN(c2ccc(Cl)cc2)CC1. The highest BCUT2D eigenvalue weighted by atomic mass is 35.5. The van der Waals surface area contributed by atoms with Gasteiger partial charge in [0, 0.05) is 41.9 Å². The highest BCUT2D eigenvalue weighted by Crippen LogP contribution is 2.25. The van der Waals surface area contributed by atoms with Crippen LogP contribution >= 0.6 is 23.2 Å². The lowest BCUT2D eigenvalue weighted by atomic mass is 10.1. The molecule has 1 saturated heterocycles. The van der Waals surface area contributed by atoms with Gasteiger partial charge in [-0.25, -0.2) is 0 Å². The van der Waals surface area contributed by atoms with Crippen LogP contribution in [0.1, 0.15) is 10.4 Å². The molecule has 4 nitrogen and oxygen atoms in total. The molecule has 0 bridgehead atoms. The van der Waals surface area contributed by atoms with E-state index in [0.717, 1.165) is 23.8 Å². The molecule has 0 aliphatic carbocycles. The van der Waals surface area contributed by atoms with Crippen molar-refractivity contribution >= 4 is 34.8 Å². The number of benzene rings is 2. The summed E-state index contributed by atoms with van der Waals surface area (Å²) in [7, 11) is 1.55. The molecule has 6 heteroatoms. The third kappa shape index (κ3) is 3.60. The second kappa shape index (κ2) is 7.32. The van der Waals surface area contributed by atoms with Gasteiger partial charge in [0.25, 0.3) is 5.91 Å². The first-order valence-electron chi connectivity index (χ1n) is 7.72. The minimum Gasteiger partial charge on any atom is -0.496 e. The van der Waals surface area contributed by atoms with Crippen LogP contribution in [0.4, 0.5) is 5.69 Å². The van der Waals surface area contributed by atoms with E-state index in [9.17, 15) is 4.79 Å². The summed E-state index contributed by atoms with van der Waals surface area (Å²) >= 11 is 12.0. The van der Waals surface area contributed by atoms with Crippen molar-refractivity contribution in [2.45, 2.75) is 0 Å². The molecule has 2 aromatic rings. The van der Waals surface area contributed by atoms with Crippen LogP contribution in [0.5, 0.6) is 5.75 Å². The summed E-state index contributed by atoms with van der Waals surface area (Å²) in [6.45, 7) is 2.85. The standard InChI is InChI=1S/C18H18Cl2N2O2/c1-24-17-7-4-14(20)12-16(17)18(23)22-10-8-21(9-11-22)15-5-2-13(19)3-6-15/h2-7,12H,8-11H2,1H3. The lowest BCUT2D eigenvalue weighted by Crippen LogP contribution is -2.48. The van der Waals surface area contributed by atoms with E-state index in [1.165, 1.54) is 0 Å². The molecule has 1 heterocycles. The summed E-state index contributed by atoms with van der Waals surface area (Å²) in [5.74, 6) is 0.495. The Hall–Kier alpha value is -1.91. The maximum Gasteiger partial charge on any atom is 0.257 e. The molecule has 0 radical (unpaired) electrons. The van der Waals surface area contributed by atoms with Crippen molar-refractivity contribution in [3.63, 3.8) is 0 Å². The Labute approximate surface area is 151 Å². The summed E-state index contributed by atoms with van der Waals surface area (Å²) in [6.07, 6.45) is 0. The van der Waals surface area contributed by atoms with Crippen LogP contribution in [0, 0.1) is 0 Å². The molecule has 0 aromatic heterocycles. The first kappa shape index (κ1) is 16.9. The number of anilines is 1. The van der Waals surface area contributed by atoms with E-state index >= 15 is 0 Å². The summed E-state index contributed by atoms with van der Waals surface area (Å²) in [4.78, 5) is 16.9. The van der Waals surface area contributed by atoms with Crippen LogP contribution in [0.15, 0.2) is 42.5 Å². The lowest BCUT2D eigenvalue weighted by molar-refractivity contribution is 0.0743. The van der Waals surface area contributed by atoms with Gasteiger partial charge in [-0.2, -0.15) is 0 Å². The molecule has 0 atom stereocenters. The van der Waals surface area contributed by atoms with E-state index in [0.29, 0.717) is 29.4 Å². The number of amides is 1. The van der Waals surface area contributed by atoms with Crippen molar-refractivity contribution in [3.8, 4) is 5.75 Å². The van der Waals surface area contributed by atoms with Crippen LogP contribution in [-0.2, 0) is 0 Å². The molecule has 0 N–H and O–H groups in total. The molecule has 1 aliphatic heterocycles. The number of methoxy groups -OCH3 is 1. The molecule has 1 amide bonds. The van der Waals surface area contributed by atoms with Crippen LogP contribution in [0.25, 0.3) is 0 Å². The smallest absolute Gasteiger partial charge is 0.257 e. The monoisotopic (exact) mass is 364 g/mol. The van der Waals surface area contributed by atoms with Gasteiger partial charge in [0.15, 0.2) is 0 Å². The lowest BCUT2D eigenvalue weighted by Gasteiger charge is -2.36. The van der Waals surface area contributed by atoms with E-state index in [-0.39, 0.29) is 5.91 Å². The minimum absolute atomic E-state index is 0.0508. The average Bonchev–Trinajstić information content (AvgIpc) is 2.62. The fourth-order valence-electron chi connectivity index (χ4n) is 2.84. The van der Waals surface area contributed by atoms with Crippen LogP contribution < -0.4 is 9.64 Å². The average molecular weight is 365 g/mol. The van der Waals surface area contributed by atoms with E-state index < -0.39 is 0 Å². The Morgan fingerprint density at radius 3 is 2.21 bits per heavy atom. The quantitative estimate of drug-likeness (QED) is 0.825. The van der Waals surface area contributed by atoms with Gasteiger partial charge in [-0.05, 0) is 42.5 Å².